The van der Waals surface area contributed by atoms with E-state index in [0.717, 1.165) is 10.5 Å². The van der Waals surface area contributed by atoms with Crippen LogP contribution in [0, 0.1) is 5.92 Å². The van der Waals surface area contributed by atoms with E-state index in [4.69, 9.17) is 0 Å². The first-order valence-electron chi connectivity index (χ1n) is 4.95. The lowest BCUT2D eigenvalue weighted by Crippen LogP contribution is -1.87. The third kappa shape index (κ3) is 3.11. The van der Waals surface area contributed by atoms with E-state index in [1.807, 2.05) is 12.3 Å². The Labute approximate surface area is 87.7 Å². The van der Waals surface area contributed by atoms with Crippen molar-refractivity contribution in [1.82, 2.24) is 4.98 Å². The van der Waals surface area contributed by atoms with Gasteiger partial charge in [-0.25, -0.2) is 4.98 Å². The predicted octanol–water partition coefficient (Wildman–Crippen LogP) is 3.58. The number of pyridine rings is 1. The first-order chi connectivity index (χ1) is 6.34. The summed E-state index contributed by atoms with van der Waals surface area (Å²) in [4.78, 5) is 4.21. The molecule has 0 amide bonds. The standard InChI is InChI=1S/C11H14BrN/c12-11-7-6-10(8-13-11)3-1-2-9-4-5-9/h6-9H,1-5H2. The lowest BCUT2D eigenvalue weighted by Gasteiger charge is -1.99. The van der Waals surface area contributed by atoms with E-state index in [-0.39, 0.29) is 0 Å². The highest BCUT2D eigenvalue weighted by Crippen LogP contribution is 2.33. The summed E-state index contributed by atoms with van der Waals surface area (Å²) >= 11 is 3.34. The van der Waals surface area contributed by atoms with Crippen molar-refractivity contribution >= 4 is 15.9 Å². The molecule has 1 heterocycles. The van der Waals surface area contributed by atoms with Crippen molar-refractivity contribution in [3.8, 4) is 0 Å². The van der Waals surface area contributed by atoms with Gasteiger partial charge in [0.2, 0.25) is 0 Å². The smallest absolute Gasteiger partial charge is 0.106 e. The maximum Gasteiger partial charge on any atom is 0.106 e. The summed E-state index contributed by atoms with van der Waals surface area (Å²) < 4.78 is 0.929. The largest absolute Gasteiger partial charge is 0.249 e. The van der Waals surface area contributed by atoms with Gasteiger partial charge in [-0.05, 0) is 46.3 Å². The summed E-state index contributed by atoms with van der Waals surface area (Å²) in [5.74, 6) is 1.06. The zero-order valence-corrected chi connectivity index (χ0v) is 9.26. The molecule has 0 saturated heterocycles. The maximum absolute atomic E-state index is 4.21. The van der Waals surface area contributed by atoms with E-state index in [0.29, 0.717) is 0 Å². The number of hydrogen-bond acceptors (Lipinski definition) is 1. The fourth-order valence-corrected chi connectivity index (χ4v) is 1.79. The number of rotatable bonds is 4. The molecule has 0 spiro atoms. The molecule has 13 heavy (non-hydrogen) atoms. The summed E-state index contributed by atoms with van der Waals surface area (Å²) in [5.41, 5.74) is 1.36. The van der Waals surface area contributed by atoms with Crippen molar-refractivity contribution in [3.05, 3.63) is 28.5 Å². The van der Waals surface area contributed by atoms with Gasteiger partial charge in [-0.3, -0.25) is 0 Å². The molecule has 1 aromatic heterocycles. The second-order valence-corrected chi connectivity index (χ2v) is 4.64. The molecule has 1 nitrogen and oxygen atoms in total. The minimum absolute atomic E-state index is 0.929. The van der Waals surface area contributed by atoms with Crippen LogP contribution in [0.2, 0.25) is 0 Å². The number of nitrogens with zero attached hydrogens (tertiary/aromatic N) is 1. The third-order valence-electron chi connectivity index (χ3n) is 2.56. The Kier molecular flexibility index (Phi) is 2.99. The van der Waals surface area contributed by atoms with Crippen molar-refractivity contribution in [1.29, 1.82) is 0 Å². The van der Waals surface area contributed by atoms with Gasteiger partial charge in [0.05, 0.1) is 0 Å². The topological polar surface area (TPSA) is 12.9 Å². The van der Waals surface area contributed by atoms with E-state index < -0.39 is 0 Å². The Bertz CT molecular complexity index is 264. The predicted molar refractivity (Wildman–Crippen MR) is 57.6 cm³/mol. The lowest BCUT2D eigenvalue weighted by atomic mass is 10.1. The molecule has 0 unspecified atom stereocenters. The molecule has 1 aliphatic carbocycles. The SMILES string of the molecule is Brc1ccc(CCCC2CC2)cn1. The Hall–Kier alpha value is -0.370. The molecule has 0 bridgehead atoms. The lowest BCUT2D eigenvalue weighted by molar-refractivity contribution is 0.665. The zero-order chi connectivity index (χ0) is 9.10. The van der Waals surface area contributed by atoms with Crippen molar-refractivity contribution in [2.45, 2.75) is 32.1 Å². The van der Waals surface area contributed by atoms with E-state index in [1.54, 1.807) is 0 Å². The molecule has 0 atom stereocenters. The molecule has 0 aliphatic heterocycles. The van der Waals surface area contributed by atoms with Crippen LogP contribution >= 0.6 is 15.9 Å². The number of halogens is 1. The maximum atomic E-state index is 4.21. The number of aromatic nitrogens is 1. The quantitative estimate of drug-likeness (QED) is 0.733. The van der Waals surface area contributed by atoms with Gasteiger partial charge in [0.15, 0.2) is 0 Å². The van der Waals surface area contributed by atoms with Gasteiger partial charge >= 0.3 is 0 Å². The van der Waals surface area contributed by atoms with Gasteiger partial charge in [0.25, 0.3) is 0 Å². The molecule has 1 aliphatic rings. The molecule has 2 heteroatoms. The molecular formula is C11H14BrN. The van der Waals surface area contributed by atoms with Crippen LogP contribution in [-0.2, 0) is 6.42 Å². The number of hydrogen-bond donors (Lipinski definition) is 0. The van der Waals surface area contributed by atoms with E-state index in [9.17, 15) is 0 Å². The first kappa shape index (κ1) is 9.20. The second-order valence-electron chi connectivity index (χ2n) is 3.82. The van der Waals surface area contributed by atoms with Crippen molar-refractivity contribution in [2.75, 3.05) is 0 Å². The van der Waals surface area contributed by atoms with E-state index in [2.05, 4.69) is 27.0 Å². The highest BCUT2D eigenvalue weighted by atomic mass is 79.9. The molecule has 70 valence electrons. The Morgan fingerprint density at radius 2 is 2.23 bits per heavy atom. The Morgan fingerprint density at radius 3 is 2.85 bits per heavy atom. The van der Waals surface area contributed by atoms with Crippen molar-refractivity contribution in [3.63, 3.8) is 0 Å². The first-order valence-corrected chi connectivity index (χ1v) is 5.74. The third-order valence-corrected chi connectivity index (χ3v) is 3.03. The highest BCUT2D eigenvalue weighted by molar-refractivity contribution is 9.10. The summed E-state index contributed by atoms with van der Waals surface area (Å²) in [6.07, 6.45) is 8.84. The minimum atomic E-state index is 0.929. The molecule has 0 aromatic carbocycles. The van der Waals surface area contributed by atoms with Gasteiger partial charge in [-0.15, -0.1) is 0 Å². The summed E-state index contributed by atoms with van der Waals surface area (Å²) in [7, 11) is 0. The van der Waals surface area contributed by atoms with Crippen LogP contribution in [-0.4, -0.2) is 4.98 Å². The average molecular weight is 240 g/mol. The van der Waals surface area contributed by atoms with Crippen LogP contribution in [0.3, 0.4) is 0 Å². The van der Waals surface area contributed by atoms with Crippen LogP contribution in [0.25, 0.3) is 0 Å². The van der Waals surface area contributed by atoms with Gasteiger partial charge in [0, 0.05) is 6.20 Å². The molecule has 1 aromatic rings. The minimum Gasteiger partial charge on any atom is -0.249 e. The van der Waals surface area contributed by atoms with Gasteiger partial charge in [-0.1, -0.05) is 25.3 Å². The second kappa shape index (κ2) is 4.23. The monoisotopic (exact) mass is 239 g/mol. The molecule has 2 rings (SSSR count). The van der Waals surface area contributed by atoms with Crippen LogP contribution in [0.1, 0.15) is 31.2 Å². The van der Waals surface area contributed by atoms with Crippen LogP contribution < -0.4 is 0 Å². The van der Waals surface area contributed by atoms with Crippen LogP contribution in [0.4, 0.5) is 0 Å². The molecule has 1 fully saturated rings. The van der Waals surface area contributed by atoms with E-state index >= 15 is 0 Å². The van der Waals surface area contributed by atoms with Gasteiger partial charge in [-0.2, -0.15) is 0 Å². The highest BCUT2D eigenvalue weighted by Gasteiger charge is 2.19. The Morgan fingerprint density at radius 1 is 1.38 bits per heavy atom. The number of aryl methyl sites for hydroxylation is 1. The normalized spacial score (nSPS) is 16.1. The van der Waals surface area contributed by atoms with Crippen LogP contribution in [0.5, 0.6) is 0 Å². The molecule has 1 saturated carbocycles. The fourth-order valence-electron chi connectivity index (χ4n) is 1.56. The molecule has 0 radical (unpaired) electrons. The summed E-state index contributed by atoms with van der Waals surface area (Å²) in [5, 5.41) is 0. The van der Waals surface area contributed by atoms with Crippen LogP contribution in [0.15, 0.2) is 22.9 Å². The van der Waals surface area contributed by atoms with Crippen molar-refractivity contribution in [2.24, 2.45) is 5.92 Å². The van der Waals surface area contributed by atoms with Gasteiger partial charge in [0.1, 0.15) is 4.60 Å². The van der Waals surface area contributed by atoms with E-state index in [1.165, 1.54) is 37.7 Å². The average Bonchev–Trinajstić information content (AvgIpc) is 2.92. The molecule has 0 N–H and O–H groups in total. The van der Waals surface area contributed by atoms with Gasteiger partial charge < -0.3 is 0 Å². The fraction of sp³-hybridized carbons (Fsp3) is 0.545. The summed E-state index contributed by atoms with van der Waals surface area (Å²) in [6.45, 7) is 0. The zero-order valence-electron chi connectivity index (χ0n) is 7.67. The Balaban J connectivity index is 1.76. The summed E-state index contributed by atoms with van der Waals surface area (Å²) in [6, 6.07) is 4.18. The van der Waals surface area contributed by atoms with Crippen molar-refractivity contribution < 1.29 is 0 Å². The molecular weight excluding hydrogens is 226 g/mol.